The number of aromatic nitrogens is 3. The van der Waals surface area contributed by atoms with E-state index in [4.69, 9.17) is 9.72 Å². The number of hydrogen-bond acceptors (Lipinski definition) is 7. The predicted octanol–water partition coefficient (Wildman–Crippen LogP) is 3.55. The van der Waals surface area contributed by atoms with Crippen molar-refractivity contribution in [2.75, 3.05) is 39.3 Å². The van der Waals surface area contributed by atoms with Gasteiger partial charge in [-0.2, -0.15) is 0 Å². The number of imidazole rings is 1. The summed E-state index contributed by atoms with van der Waals surface area (Å²) in [6.07, 6.45) is 7.25. The van der Waals surface area contributed by atoms with Crippen molar-refractivity contribution in [2.45, 2.75) is 45.1 Å². The number of rotatable bonds is 7. The molecule has 47 heavy (non-hydrogen) atoms. The summed E-state index contributed by atoms with van der Waals surface area (Å²) in [5, 5.41) is 10.1. The van der Waals surface area contributed by atoms with E-state index >= 15 is 0 Å². The molecule has 0 saturated carbocycles. The Hall–Kier alpha value is -4.45. The van der Waals surface area contributed by atoms with E-state index in [-0.39, 0.29) is 23.3 Å². The van der Waals surface area contributed by atoms with Gasteiger partial charge in [-0.1, -0.05) is 0 Å². The van der Waals surface area contributed by atoms with Gasteiger partial charge in [0.1, 0.15) is 0 Å². The molecule has 1 unspecified atom stereocenters. The van der Waals surface area contributed by atoms with Gasteiger partial charge in [-0.3, -0.25) is 4.79 Å². The predicted molar refractivity (Wildman–Crippen MR) is 183 cm³/mol. The quantitative estimate of drug-likeness (QED) is 0.166. The van der Waals surface area contributed by atoms with Crippen LogP contribution in [0.4, 0.5) is 0 Å². The molecule has 0 N–H and O–H groups in total. The second-order valence-corrected chi connectivity index (χ2v) is 13.8. The van der Waals surface area contributed by atoms with Crippen LogP contribution in [0.3, 0.4) is 0 Å². The van der Waals surface area contributed by atoms with Gasteiger partial charge in [0.2, 0.25) is 5.91 Å². The first kappa shape index (κ1) is 32.5. The Morgan fingerprint density at radius 1 is 1.00 bits per heavy atom. The second kappa shape index (κ2) is 13.7. The summed E-state index contributed by atoms with van der Waals surface area (Å²) >= 11 is 1.43. The van der Waals surface area contributed by atoms with Gasteiger partial charge >= 0.3 is 236 Å². The Balaban J connectivity index is 1.23. The summed E-state index contributed by atoms with van der Waals surface area (Å²) in [4.78, 5) is 41.3. The van der Waals surface area contributed by atoms with Gasteiger partial charge in [-0.25, -0.2) is 0 Å². The van der Waals surface area contributed by atoms with Crippen molar-refractivity contribution < 1.29 is 14.3 Å². The third kappa shape index (κ3) is 6.97. The standard InChI is InChI=1S/C36H40AsN7O3/c1-25(45)41-18-20-43(21-19-41)36(2,3)22-28(23-38)35(46)42-16-7-8-27(24-42)34-40-31(32-33(37)39-15-17-44(32)34)26-11-13-30(14-12-26)47-29-9-5-4-6-10-29/h4-6,9-15,17,22,27H,7-8,16,18-21,24,37H2,1-3H3/t27-/m1/s1. The first-order valence-corrected chi connectivity index (χ1v) is 17.2. The summed E-state index contributed by atoms with van der Waals surface area (Å²) in [6, 6.07) is 19.8. The largest absolute Gasteiger partial charge is 0.0333 e. The van der Waals surface area contributed by atoms with Crippen LogP contribution in [0.25, 0.3) is 16.8 Å². The third-order valence-electron chi connectivity index (χ3n) is 9.18. The van der Waals surface area contributed by atoms with E-state index in [0.717, 1.165) is 51.4 Å². The first-order chi connectivity index (χ1) is 22.6. The van der Waals surface area contributed by atoms with Crippen molar-refractivity contribution in [3.8, 4) is 28.8 Å². The minimum atomic E-state index is -0.513. The molecule has 2 aromatic heterocycles. The van der Waals surface area contributed by atoms with E-state index in [1.165, 1.54) is 16.9 Å². The maximum absolute atomic E-state index is 13.8. The molecule has 2 aliphatic rings. The van der Waals surface area contributed by atoms with E-state index in [9.17, 15) is 14.9 Å². The molecule has 242 valence electrons. The molecule has 2 aliphatic heterocycles. The summed E-state index contributed by atoms with van der Waals surface area (Å²) in [5.74, 6) is 2.23. The minimum absolute atomic E-state index is 0.00320. The molecule has 11 heteroatoms. The van der Waals surface area contributed by atoms with Crippen LogP contribution in [0.2, 0.25) is 0 Å². The maximum Gasteiger partial charge on any atom is 0.0333 e. The number of fused-ring (bicyclic) bond motifs is 1. The van der Waals surface area contributed by atoms with Crippen LogP contribution in [-0.2, 0) is 9.59 Å². The Morgan fingerprint density at radius 3 is 2.38 bits per heavy atom. The zero-order chi connectivity index (χ0) is 33.1. The molecule has 0 spiro atoms. The molecule has 0 radical (unpaired) electrons. The smallest absolute Gasteiger partial charge is 0.0168 e. The van der Waals surface area contributed by atoms with Crippen molar-refractivity contribution in [3.63, 3.8) is 0 Å². The molecule has 2 aromatic carbocycles. The van der Waals surface area contributed by atoms with Crippen molar-refractivity contribution in [3.05, 3.63) is 84.5 Å². The number of nitriles is 1. The molecule has 0 bridgehead atoms. The molecule has 2 saturated heterocycles. The molecular formula is C36H40AsN7O3. The monoisotopic (exact) mass is 693 g/mol. The number of likely N-dealkylation sites (tertiary alicyclic amines) is 1. The van der Waals surface area contributed by atoms with Gasteiger partial charge in [0.15, 0.2) is 0 Å². The summed E-state index contributed by atoms with van der Waals surface area (Å²) < 4.78 is 9.06. The number of carbonyl (C=O) groups is 2. The zero-order valence-electron chi connectivity index (χ0n) is 27.1. The van der Waals surface area contributed by atoms with Crippen molar-refractivity contribution in [1.82, 2.24) is 29.1 Å². The van der Waals surface area contributed by atoms with Crippen molar-refractivity contribution in [2.24, 2.45) is 0 Å². The maximum atomic E-state index is 13.8. The number of amides is 2. The van der Waals surface area contributed by atoms with Crippen molar-refractivity contribution >= 4 is 38.7 Å². The van der Waals surface area contributed by atoms with Crippen LogP contribution >= 0.6 is 0 Å². The number of nitrogens with zero attached hydrogens (tertiary/aromatic N) is 7. The van der Waals surface area contributed by atoms with Crippen LogP contribution in [0.5, 0.6) is 11.5 Å². The fraction of sp³-hybridized carbons (Fsp3) is 0.361. The van der Waals surface area contributed by atoms with Crippen LogP contribution in [0.1, 0.15) is 45.4 Å². The Labute approximate surface area is 284 Å². The molecule has 10 nitrogen and oxygen atoms in total. The number of benzene rings is 2. The van der Waals surface area contributed by atoms with Gasteiger partial charge in [0.25, 0.3) is 0 Å². The van der Waals surface area contributed by atoms with E-state index in [2.05, 4.69) is 20.4 Å². The molecule has 6 rings (SSSR count). The van der Waals surface area contributed by atoms with Crippen LogP contribution < -0.4 is 9.22 Å². The van der Waals surface area contributed by atoms with Crippen LogP contribution in [0.15, 0.2) is 78.6 Å². The topological polar surface area (TPSA) is 107 Å². The molecule has 2 amide bonds. The average molecular weight is 694 g/mol. The van der Waals surface area contributed by atoms with E-state index in [1.54, 1.807) is 24.1 Å². The van der Waals surface area contributed by atoms with Gasteiger partial charge < -0.3 is 4.90 Å². The Bertz CT molecular complexity index is 1840. The van der Waals surface area contributed by atoms with E-state index in [0.29, 0.717) is 39.3 Å². The van der Waals surface area contributed by atoms with Gasteiger partial charge in [-0.05, 0) is 0 Å². The zero-order valence-corrected chi connectivity index (χ0v) is 29.5. The van der Waals surface area contributed by atoms with Crippen LogP contribution in [-0.4, -0.2) is 103 Å². The molecule has 0 aliphatic carbocycles. The normalized spacial score (nSPS) is 17.9. The Morgan fingerprint density at radius 2 is 1.70 bits per heavy atom. The number of para-hydroxylation sites is 1. The number of hydrogen-bond donors (Lipinski definition) is 0. The average Bonchev–Trinajstić information content (AvgIpc) is 3.49. The summed E-state index contributed by atoms with van der Waals surface area (Å²) in [5.41, 5.74) is 2.42. The van der Waals surface area contributed by atoms with E-state index < -0.39 is 5.54 Å². The van der Waals surface area contributed by atoms with E-state index in [1.807, 2.05) is 79.5 Å². The fourth-order valence-corrected chi connectivity index (χ4v) is 7.37. The fourth-order valence-electron chi connectivity index (χ4n) is 6.61. The number of ether oxygens (including phenoxy) is 1. The summed E-state index contributed by atoms with van der Waals surface area (Å²) in [7, 11) is 0. The first-order valence-electron chi connectivity index (χ1n) is 16.0. The molecule has 4 heterocycles. The van der Waals surface area contributed by atoms with Crippen LogP contribution in [0, 0.1) is 11.3 Å². The molecular weight excluding hydrogens is 653 g/mol. The second-order valence-electron chi connectivity index (χ2n) is 12.7. The minimum Gasteiger partial charge on any atom is 0.0168 e. The third-order valence-corrected chi connectivity index (χ3v) is 10.1. The number of carbonyl (C=O) groups excluding carboxylic acids is 2. The molecule has 2 atom stereocenters. The van der Waals surface area contributed by atoms with Gasteiger partial charge in [-0.15, -0.1) is 0 Å². The molecule has 4 aromatic rings. The van der Waals surface area contributed by atoms with Gasteiger partial charge in [0.05, 0.1) is 0 Å². The number of piperazine rings is 1. The van der Waals surface area contributed by atoms with Gasteiger partial charge in [0, 0.05) is 33.1 Å². The van der Waals surface area contributed by atoms with Crippen molar-refractivity contribution in [1.29, 1.82) is 5.26 Å². The Kier molecular flexibility index (Phi) is 9.49. The summed E-state index contributed by atoms with van der Waals surface area (Å²) in [6.45, 7) is 9.36. The molecule has 2 fully saturated rings. The SMILES string of the molecule is CC(=O)N1CCN(C(C)(C)C=C(C#N)C(=O)N2CCC[C@@H](c3nc(-c4ccc(Oc5ccccc5)cc4)c4c([AsH2])nccn34)C2)CC1. The number of piperidine rings is 1.